The van der Waals surface area contributed by atoms with Crippen LogP contribution in [0.15, 0.2) is 0 Å². The van der Waals surface area contributed by atoms with Gasteiger partial charge in [0.25, 0.3) is 11.9 Å². The number of hydrogen-bond donors (Lipinski definition) is 1. The van der Waals surface area contributed by atoms with Crippen molar-refractivity contribution >= 4 is 15.7 Å². The van der Waals surface area contributed by atoms with Gasteiger partial charge in [-0.1, -0.05) is 0 Å². The van der Waals surface area contributed by atoms with Gasteiger partial charge in [-0.3, -0.25) is 0 Å². The Kier molecular flexibility index (Phi) is 5.47. The Hall–Kier alpha value is -1.63. The molecule has 1 N–H and O–H groups in total. The molecule has 1 aromatic rings. The minimum Gasteiger partial charge on any atom is -0.380 e. The summed E-state index contributed by atoms with van der Waals surface area (Å²) in [5.74, 6) is -7.58. The largest absolute Gasteiger partial charge is 0.511 e. The average Bonchev–Trinajstić information content (AvgIpc) is 2.52. The first-order valence-electron chi connectivity index (χ1n) is 6.95. The number of halogens is 7. The van der Waals surface area contributed by atoms with Crippen molar-refractivity contribution in [1.82, 2.24) is 9.29 Å². The smallest absolute Gasteiger partial charge is 0.380 e. The Labute approximate surface area is 137 Å². The van der Waals surface area contributed by atoms with E-state index in [9.17, 15) is 39.2 Å². The fourth-order valence-electron chi connectivity index (χ4n) is 2.39. The fourth-order valence-corrected chi connectivity index (χ4v) is 3.37. The third-order valence-electron chi connectivity index (χ3n) is 3.77. The predicted octanol–water partition coefficient (Wildman–Crippen LogP) is 2.61. The van der Waals surface area contributed by atoms with Crippen molar-refractivity contribution in [3.05, 3.63) is 23.5 Å². The van der Waals surface area contributed by atoms with Crippen molar-refractivity contribution in [1.29, 1.82) is 0 Å². The highest BCUT2D eigenvalue weighted by Crippen LogP contribution is 2.30. The van der Waals surface area contributed by atoms with Crippen molar-refractivity contribution in [3.8, 4) is 0 Å². The molecule has 0 bridgehead atoms. The van der Waals surface area contributed by atoms with E-state index in [1.807, 2.05) is 0 Å². The first kappa shape index (κ1) is 19.7. The van der Waals surface area contributed by atoms with Gasteiger partial charge in [-0.2, -0.15) is 40.0 Å². The minimum atomic E-state index is -5.43. The van der Waals surface area contributed by atoms with Crippen LogP contribution >= 0.6 is 0 Å². The highest BCUT2D eigenvalue weighted by atomic mass is 32.2. The lowest BCUT2D eigenvalue weighted by atomic mass is 9.98. The molecule has 13 heteroatoms. The molecule has 0 amide bonds. The summed E-state index contributed by atoms with van der Waals surface area (Å²) in [7, 11) is -5.43. The van der Waals surface area contributed by atoms with Crippen molar-refractivity contribution in [3.63, 3.8) is 0 Å². The number of piperidine rings is 1. The molecule has 2 rings (SSSR count). The van der Waals surface area contributed by atoms with Gasteiger partial charge in [-0.05, 0) is 18.8 Å². The Bertz CT molecular complexity index is 720. The van der Waals surface area contributed by atoms with Gasteiger partial charge in [0.2, 0.25) is 11.6 Å². The third-order valence-corrected chi connectivity index (χ3v) is 5.40. The lowest BCUT2D eigenvalue weighted by molar-refractivity contribution is -0.0496. The summed E-state index contributed by atoms with van der Waals surface area (Å²) in [6.45, 7) is -1.08. The van der Waals surface area contributed by atoms with E-state index in [0.29, 0.717) is 0 Å². The number of alkyl halides is 3. The minimum absolute atomic E-state index is 0.0262. The molecule has 0 spiro atoms. The number of anilines is 1. The predicted molar refractivity (Wildman–Crippen MR) is 71.8 cm³/mol. The van der Waals surface area contributed by atoms with E-state index in [1.165, 1.54) is 0 Å². The van der Waals surface area contributed by atoms with E-state index in [0.717, 1.165) is 0 Å². The monoisotopic (exact) mass is 395 g/mol. The molecule has 5 nitrogen and oxygen atoms in total. The van der Waals surface area contributed by atoms with Crippen LogP contribution in [0, 0.1) is 29.4 Å². The molecule has 1 aliphatic rings. The van der Waals surface area contributed by atoms with E-state index in [4.69, 9.17) is 0 Å². The molecule has 0 unspecified atom stereocenters. The standard InChI is InChI=1S/C12H12F7N3O2S/c13-7-9(8(14)11(16)21-10(7)15)20-5-6-1-3-22(4-2-6)25(23,24)12(17,18)19/h6H,1-5H2,(H,20,21). The third kappa shape index (κ3) is 3.97. The van der Waals surface area contributed by atoms with Crippen LogP contribution in [0.4, 0.5) is 36.4 Å². The molecule has 0 aromatic carbocycles. The van der Waals surface area contributed by atoms with Gasteiger partial charge in [0.1, 0.15) is 5.69 Å². The highest BCUT2D eigenvalue weighted by Gasteiger charge is 2.50. The molecular weight excluding hydrogens is 383 g/mol. The summed E-state index contributed by atoms with van der Waals surface area (Å²) in [5, 5.41) is 2.16. The summed E-state index contributed by atoms with van der Waals surface area (Å²) in [6, 6.07) is 0. The highest BCUT2D eigenvalue weighted by molar-refractivity contribution is 7.90. The van der Waals surface area contributed by atoms with Crippen LogP contribution in [0.1, 0.15) is 12.8 Å². The van der Waals surface area contributed by atoms with Gasteiger partial charge in [0.05, 0.1) is 0 Å². The second-order valence-corrected chi connectivity index (χ2v) is 7.30. The number of hydrogen-bond acceptors (Lipinski definition) is 4. The molecule has 2 heterocycles. The first-order valence-corrected chi connectivity index (χ1v) is 8.39. The van der Waals surface area contributed by atoms with Crippen LogP contribution in [0.2, 0.25) is 0 Å². The Balaban J connectivity index is 1.99. The Morgan fingerprint density at radius 3 is 1.96 bits per heavy atom. The number of sulfonamides is 1. The molecule has 1 aromatic heterocycles. The molecule has 0 saturated carbocycles. The van der Waals surface area contributed by atoms with Crippen molar-refractivity contribution in [2.24, 2.45) is 5.92 Å². The summed E-state index contributed by atoms with van der Waals surface area (Å²) < 4.78 is 113. The van der Waals surface area contributed by atoms with Crippen molar-refractivity contribution < 1.29 is 39.2 Å². The summed E-state index contributed by atoms with van der Waals surface area (Å²) in [6.07, 6.45) is -0.0524. The maximum Gasteiger partial charge on any atom is 0.511 e. The van der Waals surface area contributed by atoms with Crippen LogP contribution in [-0.2, 0) is 10.0 Å². The van der Waals surface area contributed by atoms with Gasteiger partial charge >= 0.3 is 15.5 Å². The summed E-state index contributed by atoms with van der Waals surface area (Å²) in [5.41, 5.74) is -6.48. The van der Waals surface area contributed by atoms with Crippen LogP contribution < -0.4 is 5.32 Å². The Morgan fingerprint density at radius 1 is 1.04 bits per heavy atom. The molecular formula is C12H12F7N3O2S. The van der Waals surface area contributed by atoms with Gasteiger partial charge < -0.3 is 5.32 Å². The van der Waals surface area contributed by atoms with E-state index in [2.05, 4.69) is 10.3 Å². The average molecular weight is 395 g/mol. The van der Waals surface area contributed by atoms with Crippen LogP contribution in [-0.4, -0.2) is 42.8 Å². The molecule has 142 valence electrons. The number of rotatable bonds is 4. The molecule has 25 heavy (non-hydrogen) atoms. The van der Waals surface area contributed by atoms with E-state index >= 15 is 0 Å². The SMILES string of the molecule is O=S(=O)(N1CCC(CNc2c(F)c(F)nc(F)c2F)CC1)C(F)(F)F. The lowest BCUT2D eigenvalue weighted by Gasteiger charge is -2.31. The fraction of sp³-hybridized carbons (Fsp3) is 0.583. The first-order chi connectivity index (χ1) is 11.4. The van der Waals surface area contributed by atoms with Gasteiger partial charge in [0.15, 0.2) is 0 Å². The number of nitrogens with one attached hydrogen (secondary N) is 1. The second-order valence-electron chi connectivity index (χ2n) is 5.37. The van der Waals surface area contributed by atoms with E-state index in [1.54, 1.807) is 0 Å². The molecule has 1 saturated heterocycles. The zero-order valence-electron chi connectivity index (χ0n) is 12.4. The molecule has 0 aliphatic carbocycles. The number of aromatic nitrogens is 1. The van der Waals surface area contributed by atoms with Gasteiger partial charge in [-0.15, -0.1) is 0 Å². The summed E-state index contributed by atoms with van der Waals surface area (Å²) >= 11 is 0. The molecule has 0 atom stereocenters. The Morgan fingerprint density at radius 2 is 1.52 bits per heavy atom. The van der Waals surface area contributed by atoms with E-state index < -0.39 is 63.8 Å². The zero-order valence-corrected chi connectivity index (χ0v) is 13.2. The van der Waals surface area contributed by atoms with Crippen LogP contribution in [0.5, 0.6) is 0 Å². The molecule has 1 aliphatic heterocycles. The summed E-state index contributed by atoms with van der Waals surface area (Å²) in [4.78, 5) is 2.38. The quantitative estimate of drug-likeness (QED) is 0.629. The zero-order chi connectivity index (χ0) is 19.0. The normalized spacial score (nSPS) is 17.7. The van der Waals surface area contributed by atoms with E-state index in [-0.39, 0.29) is 23.7 Å². The molecule has 0 radical (unpaired) electrons. The van der Waals surface area contributed by atoms with Crippen molar-refractivity contribution in [2.75, 3.05) is 25.0 Å². The lowest BCUT2D eigenvalue weighted by Crippen LogP contribution is -2.45. The molecule has 1 fully saturated rings. The van der Waals surface area contributed by atoms with Crippen molar-refractivity contribution in [2.45, 2.75) is 18.3 Å². The second kappa shape index (κ2) is 6.94. The van der Waals surface area contributed by atoms with Gasteiger partial charge in [-0.25, -0.2) is 8.42 Å². The van der Waals surface area contributed by atoms with Crippen LogP contribution in [0.25, 0.3) is 0 Å². The number of nitrogens with zero attached hydrogens (tertiary/aromatic N) is 2. The maximum atomic E-state index is 13.4. The van der Waals surface area contributed by atoms with Gasteiger partial charge in [0, 0.05) is 19.6 Å². The van der Waals surface area contributed by atoms with Crippen LogP contribution in [0.3, 0.4) is 0 Å². The maximum absolute atomic E-state index is 13.4. The number of pyridine rings is 1. The topological polar surface area (TPSA) is 62.3 Å².